The zero-order chi connectivity index (χ0) is 11.5. The monoisotopic (exact) mass is 283 g/mol. The van der Waals surface area contributed by atoms with Crippen LogP contribution < -0.4 is 0 Å². The van der Waals surface area contributed by atoms with Crippen LogP contribution in [0.3, 0.4) is 0 Å². The quantitative estimate of drug-likeness (QED) is 0.601. The number of halogens is 3. The average molecular weight is 284 g/mol. The first-order valence-electron chi connectivity index (χ1n) is 4.68. The van der Waals surface area contributed by atoms with E-state index in [9.17, 15) is 8.78 Å². The number of alkyl halides is 1. The Morgan fingerprint density at radius 3 is 2.25 bits per heavy atom. The molecule has 2 aromatic rings. The number of aromatic nitrogens is 1. The molecule has 0 radical (unpaired) electrons. The lowest BCUT2D eigenvalue weighted by Gasteiger charge is -2.04. The topological polar surface area (TPSA) is 12.9 Å². The molecule has 0 saturated carbocycles. The van der Waals surface area contributed by atoms with Crippen LogP contribution in [0.15, 0.2) is 36.4 Å². The maximum absolute atomic E-state index is 13.6. The molecule has 0 aliphatic heterocycles. The third kappa shape index (κ3) is 2.27. The molecule has 0 saturated heterocycles. The first-order chi connectivity index (χ1) is 7.70. The molecule has 1 aromatic carbocycles. The molecule has 0 atom stereocenters. The van der Waals surface area contributed by atoms with Crippen molar-refractivity contribution in [3.63, 3.8) is 0 Å². The van der Waals surface area contributed by atoms with E-state index >= 15 is 0 Å². The maximum atomic E-state index is 13.6. The lowest BCUT2D eigenvalue weighted by molar-refractivity contribution is 0.583. The van der Waals surface area contributed by atoms with Gasteiger partial charge >= 0.3 is 0 Å². The van der Waals surface area contributed by atoms with Gasteiger partial charge in [0.25, 0.3) is 0 Å². The fourth-order valence-corrected chi connectivity index (χ4v) is 1.70. The van der Waals surface area contributed by atoms with Gasteiger partial charge in [-0.15, -0.1) is 0 Å². The van der Waals surface area contributed by atoms with Crippen molar-refractivity contribution in [3.05, 3.63) is 53.9 Å². The lowest BCUT2D eigenvalue weighted by Crippen LogP contribution is -1.93. The first-order valence-corrected chi connectivity index (χ1v) is 5.80. The van der Waals surface area contributed by atoms with Crippen LogP contribution in [0.2, 0.25) is 0 Å². The Balaban J connectivity index is 2.44. The third-order valence-corrected chi connectivity index (χ3v) is 2.77. The number of benzene rings is 1. The Labute approximate surface area is 100 Å². The van der Waals surface area contributed by atoms with Gasteiger partial charge < -0.3 is 0 Å². The van der Waals surface area contributed by atoms with E-state index in [-0.39, 0.29) is 5.82 Å². The molecule has 4 heteroatoms. The summed E-state index contributed by atoms with van der Waals surface area (Å²) in [5.41, 5.74) is 1.63. The highest BCUT2D eigenvalue weighted by atomic mass is 79.9. The van der Waals surface area contributed by atoms with Gasteiger partial charge in [-0.3, -0.25) is 0 Å². The molecule has 0 aliphatic carbocycles. The summed E-state index contributed by atoms with van der Waals surface area (Å²) in [7, 11) is 0. The van der Waals surface area contributed by atoms with Gasteiger partial charge in [0.1, 0.15) is 5.82 Å². The largest absolute Gasteiger partial charge is 0.223 e. The van der Waals surface area contributed by atoms with Gasteiger partial charge in [0.15, 0.2) is 0 Å². The van der Waals surface area contributed by atoms with Gasteiger partial charge in [-0.2, -0.15) is 4.39 Å². The van der Waals surface area contributed by atoms with Crippen LogP contribution in [0.25, 0.3) is 11.1 Å². The van der Waals surface area contributed by atoms with Crippen molar-refractivity contribution in [2.45, 2.75) is 5.33 Å². The zero-order valence-corrected chi connectivity index (χ0v) is 9.84. The lowest BCUT2D eigenvalue weighted by atomic mass is 10.1. The number of nitrogens with zero attached hydrogens (tertiary/aromatic N) is 1. The molecule has 0 fully saturated rings. The van der Waals surface area contributed by atoms with Crippen LogP contribution in [0.5, 0.6) is 0 Å². The van der Waals surface area contributed by atoms with Gasteiger partial charge in [-0.05, 0) is 29.8 Å². The van der Waals surface area contributed by atoms with E-state index in [0.29, 0.717) is 22.2 Å². The van der Waals surface area contributed by atoms with Gasteiger partial charge in [0.2, 0.25) is 5.95 Å². The molecule has 2 rings (SSSR count). The molecule has 0 amide bonds. The second-order valence-electron chi connectivity index (χ2n) is 3.28. The predicted octanol–water partition coefficient (Wildman–Crippen LogP) is 3.92. The molecular formula is C12H8BrF2N. The molecule has 1 aromatic heterocycles. The molecule has 16 heavy (non-hydrogen) atoms. The van der Waals surface area contributed by atoms with Crippen LogP contribution in [0.4, 0.5) is 8.78 Å². The normalized spacial score (nSPS) is 10.4. The average Bonchev–Trinajstić information content (AvgIpc) is 2.30. The standard InChI is InChI=1S/C12H8BrF2N/c13-7-10-5-6-11(12(15)16-10)8-1-3-9(14)4-2-8/h1-6H,7H2. The zero-order valence-electron chi connectivity index (χ0n) is 8.25. The van der Waals surface area contributed by atoms with E-state index < -0.39 is 5.95 Å². The summed E-state index contributed by atoms with van der Waals surface area (Å²) in [5, 5.41) is 0.508. The fraction of sp³-hybridized carbons (Fsp3) is 0.0833. The van der Waals surface area contributed by atoms with Crippen molar-refractivity contribution in [2.24, 2.45) is 0 Å². The summed E-state index contributed by atoms with van der Waals surface area (Å²) >= 11 is 3.20. The van der Waals surface area contributed by atoms with Gasteiger partial charge in [-0.25, -0.2) is 9.37 Å². The number of rotatable bonds is 2. The van der Waals surface area contributed by atoms with Crippen LogP contribution in [-0.4, -0.2) is 4.98 Å². The molecular weight excluding hydrogens is 276 g/mol. The summed E-state index contributed by atoms with van der Waals surface area (Å²) in [6.07, 6.45) is 0. The Morgan fingerprint density at radius 1 is 1.00 bits per heavy atom. The molecule has 82 valence electrons. The smallest absolute Gasteiger partial charge is 0.220 e. The second-order valence-corrected chi connectivity index (χ2v) is 3.84. The Morgan fingerprint density at radius 2 is 1.69 bits per heavy atom. The predicted molar refractivity (Wildman–Crippen MR) is 62.2 cm³/mol. The van der Waals surface area contributed by atoms with E-state index in [1.54, 1.807) is 12.1 Å². The third-order valence-electron chi connectivity index (χ3n) is 2.20. The SMILES string of the molecule is Fc1ccc(-c2ccc(CBr)nc2F)cc1. The van der Waals surface area contributed by atoms with E-state index in [0.717, 1.165) is 0 Å². The summed E-state index contributed by atoms with van der Waals surface area (Å²) in [5.74, 6) is -0.877. The summed E-state index contributed by atoms with van der Waals surface area (Å²) in [6.45, 7) is 0. The van der Waals surface area contributed by atoms with Crippen molar-refractivity contribution in [3.8, 4) is 11.1 Å². The molecule has 0 spiro atoms. The number of hydrogen-bond donors (Lipinski definition) is 0. The van der Waals surface area contributed by atoms with E-state index in [1.807, 2.05) is 0 Å². The Hall–Kier alpha value is -1.29. The molecule has 0 aliphatic rings. The maximum Gasteiger partial charge on any atom is 0.220 e. The second kappa shape index (κ2) is 4.70. The van der Waals surface area contributed by atoms with Crippen LogP contribution in [0, 0.1) is 11.8 Å². The molecule has 0 unspecified atom stereocenters. The van der Waals surface area contributed by atoms with Gasteiger partial charge in [0.05, 0.1) is 5.69 Å². The summed E-state index contributed by atoms with van der Waals surface area (Å²) in [4.78, 5) is 3.78. The van der Waals surface area contributed by atoms with Gasteiger partial charge in [0, 0.05) is 10.9 Å². The fourth-order valence-electron chi connectivity index (χ4n) is 1.39. The number of pyridine rings is 1. The highest BCUT2D eigenvalue weighted by Gasteiger charge is 2.07. The Bertz CT molecular complexity index is 497. The molecule has 1 nitrogen and oxygen atoms in total. The van der Waals surface area contributed by atoms with Crippen molar-refractivity contribution in [1.29, 1.82) is 0 Å². The van der Waals surface area contributed by atoms with E-state index in [4.69, 9.17) is 0 Å². The van der Waals surface area contributed by atoms with Crippen LogP contribution in [0.1, 0.15) is 5.69 Å². The highest BCUT2D eigenvalue weighted by molar-refractivity contribution is 9.08. The van der Waals surface area contributed by atoms with E-state index in [2.05, 4.69) is 20.9 Å². The number of hydrogen-bond acceptors (Lipinski definition) is 1. The van der Waals surface area contributed by atoms with Crippen molar-refractivity contribution < 1.29 is 8.78 Å². The molecule has 0 N–H and O–H groups in total. The highest BCUT2D eigenvalue weighted by Crippen LogP contribution is 2.22. The minimum atomic E-state index is -0.538. The van der Waals surface area contributed by atoms with Crippen LogP contribution in [-0.2, 0) is 5.33 Å². The minimum Gasteiger partial charge on any atom is -0.223 e. The first kappa shape index (κ1) is 11.2. The van der Waals surface area contributed by atoms with Crippen molar-refractivity contribution >= 4 is 15.9 Å². The minimum absolute atomic E-state index is 0.339. The summed E-state index contributed by atoms with van der Waals surface area (Å²) < 4.78 is 26.3. The van der Waals surface area contributed by atoms with Crippen molar-refractivity contribution in [2.75, 3.05) is 0 Å². The Kier molecular flexibility index (Phi) is 3.29. The molecule has 0 bridgehead atoms. The van der Waals surface area contributed by atoms with Crippen LogP contribution >= 0.6 is 15.9 Å². The van der Waals surface area contributed by atoms with E-state index in [1.165, 1.54) is 24.3 Å². The summed E-state index contributed by atoms with van der Waals surface area (Å²) in [6, 6.07) is 9.04. The van der Waals surface area contributed by atoms with Crippen molar-refractivity contribution in [1.82, 2.24) is 4.98 Å². The molecule has 1 heterocycles. The van der Waals surface area contributed by atoms with Gasteiger partial charge in [-0.1, -0.05) is 28.1 Å².